The summed E-state index contributed by atoms with van der Waals surface area (Å²) in [5.74, 6) is 0. The molecule has 1 heterocycles. The third kappa shape index (κ3) is 1.74. The van der Waals surface area contributed by atoms with Crippen LogP contribution in [0.5, 0.6) is 0 Å². The Morgan fingerprint density at radius 1 is 1.23 bits per heavy atom. The number of aromatic nitrogens is 2. The molecule has 2 rings (SSSR count). The van der Waals surface area contributed by atoms with E-state index in [-0.39, 0.29) is 0 Å². The van der Waals surface area contributed by atoms with Gasteiger partial charge in [-0.1, -0.05) is 28.8 Å². The van der Waals surface area contributed by atoms with Crippen molar-refractivity contribution in [1.29, 1.82) is 0 Å². The van der Waals surface area contributed by atoms with Crippen LogP contribution in [-0.2, 0) is 6.54 Å². The van der Waals surface area contributed by atoms with E-state index in [1.54, 1.807) is 0 Å². The van der Waals surface area contributed by atoms with Crippen molar-refractivity contribution in [2.45, 2.75) is 6.54 Å². The molecule has 0 unspecified atom stereocenters. The number of hydrogen-bond acceptors (Lipinski definition) is 4. The molecule has 0 radical (unpaired) electrons. The minimum absolute atomic E-state index is 0.579. The molecule has 13 heavy (non-hydrogen) atoms. The van der Waals surface area contributed by atoms with E-state index in [2.05, 4.69) is 9.59 Å². The zero-order chi connectivity index (χ0) is 9.10. The second-order valence-electron chi connectivity index (χ2n) is 2.69. The van der Waals surface area contributed by atoms with Crippen LogP contribution in [0.3, 0.4) is 0 Å². The molecule has 0 aliphatic carbocycles. The summed E-state index contributed by atoms with van der Waals surface area (Å²) in [6.45, 7) is 0.579. The van der Waals surface area contributed by atoms with Crippen molar-refractivity contribution in [2.75, 3.05) is 0 Å². The Labute approximate surface area is 80.4 Å². The van der Waals surface area contributed by atoms with Crippen molar-refractivity contribution >= 4 is 11.5 Å². The van der Waals surface area contributed by atoms with Gasteiger partial charge in [0.15, 0.2) is 0 Å². The molecule has 1 aromatic carbocycles. The van der Waals surface area contributed by atoms with Crippen LogP contribution in [0.4, 0.5) is 0 Å². The standard InChI is InChI=1S/C9H9N3S/c10-5-7-1-3-8(4-2-7)9-6-13-12-11-9/h1-4,6H,5,10H2. The lowest BCUT2D eigenvalue weighted by molar-refractivity contribution is 1.07. The molecule has 2 N–H and O–H groups in total. The van der Waals surface area contributed by atoms with Gasteiger partial charge in [-0.2, -0.15) is 0 Å². The Morgan fingerprint density at radius 2 is 2.00 bits per heavy atom. The van der Waals surface area contributed by atoms with Gasteiger partial charge in [-0.25, -0.2) is 0 Å². The minimum Gasteiger partial charge on any atom is -0.326 e. The van der Waals surface area contributed by atoms with E-state index < -0.39 is 0 Å². The first-order chi connectivity index (χ1) is 6.40. The van der Waals surface area contributed by atoms with E-state index in [1.807, 2.05) is 29.6 Å². The summed E-state index contributed by atoms with van der Waals surface area (Å²) in [5.41, 5.74) is 8.64. The summed E-state index contributed by atoms with van der Waals surface area (Å²) in [7, 11) is 0. The van der Waals surface area contributed by atoms with Gasteiger partial charge in [-0.3, -0.25) is 0 Å². The fourth-order valence-corrected chi connectivity index (χ4v) is 1.57. The second-order valence-corrected chi connectivity index (χ2v) is 3.30. The quantitative estimate of drug-likeness (QED) is 0.785. The molecule has 0 fully saturated rings. The van der Waals surface area contributed by atoms with Crippen LogP contribution in [-0.4, -0.2) is 9.59 Å². The molecule has 0 aliphatic heterocycles. The molecule has 0 saturated carbocycles. The Balaban J connectivity index is 2.33. The molecule has 1 aromatic heterocycles. The largest absolute Gasteiger partial charge is 0.326 e. The van der Waals surface area contributed by atoms with Crippen molar-refractivity contribution < 1.29 is 0 Å². The molecular formula is C9H9N3S. The Kier molecular flexibility index (Phi) is 2.33. The van der Waals surface area contributed by atoms with Crippen molar-refractivity contribution in [2.24, 2.45) is 5.73 Å². The second kappa shape index (κ2) is 3.64. The molecule has 66 valence electrons. The maximum Gasteiger partial charge on any atom is 0.105 e. The summed E-state index contributed by atoms with van der Waals surface area (Å²) < 4.78 is 3.81. The minimum atomic E-state index is 0.579. The molecule has 0 saturated heterocycles. The van der Waals surface area contributed by atoms with E-state index in [1.165, 1.54) is 11.5 Å². The van der Waals surface area contributed by atoms with E-state index in [0.29, 0.717) is 6.54 Å². The van der Waals surface area contributed by atoms with E-state index >= 15 is 0 Å². The monoisotopic (exact) mass is 191 g/mol. The molecule has 3 nitrogen and oxygen atoms in total. The van der Waals surface area contributed by atoms with Gasteiger partial charge >= 0.3 is 0 Å². The van der Waals surface area contributed by atoms with Crippen LogP contribution >= 0.6 is 11.5 Å². The van der Waals surface area contributed by atoms with Gasteiger partial charge < -0.3 is 5.73 Å². The zero-order valence-corrected chi connectivity index (χ0v) is 7.79. The summed E-state index contributed by atoms with van der Waals surface area (Å²) in [4.78, 5) is 0. The fourth-order valence-electron chi connectivity index (χ4n) is 1.10. The van der Waals surface area contributed by atoms with Gasteiger partial charge in [-0.15, -0.1) is 5.10 Å². The third-order valence-corrected chi connectivity index (χ3v) is 2.35. The summed E-state index contributed by atoms with van der Waals surface area (Å²) in [6, 6.07) is 8.04. The SMILES string of the molecule is NCc1ccc(-c2csnn2)cc1. The van der Waals surface area contributed by atoms with Crippen LogP contribution < -0.4 is 5.73 Å². The molecule has 0 aliphatic rings. The third-order valence-electron chi connectivity index (χ3n) is 1.85. The van der Waals surface area contributed by atoms with E-state index in [0.717, 1.165) is 16.8 Å². The molecule has 0 amide bonds. The summed E-state index contributed by atoms with van der Waals surface area (Å²) in [6.07, 6.45) is 0. The zero-order valence-electron chi connectivity index (χ0n) is 6.97. The highest BCUT2D eigenvalue weighted by molar-refractivity contribution is 7.03. The number of rotatable bonds is 2. The van der Waals surface area contributed by atoms with E-state index in [4.69, 9.17) is 5.73 Å². The van der Waals surface area contributed by atoms with Crippen molar-refractivity contribution in [1.82, 2.24) is 9.59 Å². The van der Waals surface area contributed by atoms with Crippen molar-refractivity contribution in [3.63, 3.8) is 0 Å². The van der Waals surface area contributed by atoms with Gasteiger partial charge in [0.1, 0.15) is 5.69 Å². The van der Waals surface area contributed by atoms with Gasteiger partial charge in [0.25, 0.3) is 0 Å². The smallest absolute Gasteiger partial charge is 0.105 e. The fraction of sp³-hybridized carbons (Fsp3) is 0.111. The van der Waals surface area contributed by atoms with Crippen molar-refractivity contribution in [3.05, 3.63) is 35.2 Å². The first-order valence-electron chi connectivity index (χ1n) is 3.96. The highest BCUT2D eigenvalue weighted by atomic mass is 32.1. The molecular weight excluding hydrogens is 182 g/mol. The van der Waals surface area contributed by atoms with Gasteiger partial charge in [-0.05, 0) is 17.1 Å². The predicted molar refractivity (Wildman–Crippen MR) is 53.2 cm³/mol. The Morgan fingerprint density at radius 3 is 2.54 bits per heavy atom. The normalized spacial score (nSPS) is 10.2. The Hall–Kier alpha value is -1.26. The predicted octanol–water partition coefficient (Wildman–Crippen LogP) is 1.66. The lowest BCUT2D eigenvalue weighted by Gasteiger charge is -1.97. The molecule has 0 atom stereocenters. The first-order valence-corrected chi connectivity index (χ1v) is 4.80. The van der Waals surface area contributed by atoms with E-state index in [9.17, 15) is 0 Å². The Bertz CT molecular complexity index is 366. The van der Waals surface area contributed by atoms with Crippen LogP contribution in [0, 0.1) is 0 Å². The number of nitrogens with two attached hydrogens (primary N) is 1. The van der Waals surface area contributed by atoms with Gasteiger partial charge in [0.05, 0.1) is 0 Å². The van der Waals surface area contributed by atoms with Crippen molar-refractivity contribution in [3.8, 4) is 11.3 Å². The maximum absolute atomic E-state index is 5.49. The van der Waals surface area contributed by atoms with Crippen LogP contribution in [0.15, 0.2) is 29.6 Å². The molecule has 0 bridgehead atoms. The van der Waals surface area contributed by atoms with Crippen LogP contribution in [0.25, 0.3) is 11.3 Å². The summed E-state index contributed by atoms with van der Waals surface area (Å²) in [5, 5.41) is 5.91. The highest BCUT2D eigenvalue weighted by Crippen LogP contribution is 2.17. The molecule has 0 spiro atoms. The first kappa shape index (κ1) is 8.34. The number of hydrogen-bond donors (Lipinski definition) is 1. The highest BCUT2D eigenvalue weighted by Gasteiger charge is 1.99. The average molecular weight is 191 g/mol. The van der Waals surface area contributed by atoms with Gasteiger partial charge in [0, 0.05) is 17.5 Å². The van der Waals surface area contributed by atoms with Gasteiger partial charge in [0.2, 0.25) is 0 Å². The number of benzene rings is 1. The molecule has 2 aromatic rings. The average Bonchev–Trinajstić information content (AvgIpc) is 2.71. The lowest BCUT2D eigenvalue weighted by atomic mass is 10.1. The topological polar surface area (TPSA) is 51.8 Å². The molecule has 4 heteroatoms. The lowest BCUT2D eigenvalue weighted by Crippen LogP contribution is -1.95. The van der Waals surface area contributed by atoms with Crippen LogP contribution in [0.1, 0.15) is 5.56 Å². The maximum atomic E-state index is 5.49. The summed E-state index contributed by atoms with van der Waals surface area (Å²) >= 11 is 1.36. The van der Waals surface area contributed by atoms with Crippen LogP contribution in [0.2, 0.25) is 0 Å². The number of nitrogens with zero attached hydrogens (tertiary/aromatic N) is 2.